The van der Waals surface area contributed by atoms with Gasteiger partial charge in [0, 0.05) is 44.4 Å². The number of hydrogen-bond acceptors (Lipinski definition) is 1. The van der Waals surface area contributed by atoms with E-state index in [2.05, 4.69) is 25.1 Å². The SMILES string of the molecule is [CH2-]C1Oc2ccccc2-c2ccccc21.[Y]. The van der Waals surface area contributed by atoms with Crippen molar-refractivity contribution in [2.45, 2.75) is 6.10 Å². The summed E-state index contributed by atoms with van der Waals surface area (Å²) in [5, 5.41) is 0. The first-order valence-corrected chi connectivity index (χ1v) is 5.04. The molecule has 0 aliphatic carbocycles. The summed E-state index contributed by atoms with van der Waals surface area (Å²) in [6, 6.07) is 16.4. The molecule has 1 radical (unpaired) electrons. The molecule has 1 nitrogen and oxygen atoms in total. The summed E-state index contributed by atoms with van der Waals surface area (Å²) >= 11 is 0. The van der Waals surface area contributed by atoms with Crippen LogP contribution in [0.15, 0.2) is 48.5 Å². The molecule has 2 aromatic rings. The minimum Gasteiger partial charge on any atom is -0.517 e. The van der Waals surface area contributed by atoms with E-state index in [4.69, 9.17) is 4.74 Å². The molecule has 1 heterocycles. The van der Waals surface area contributed by atoms with E-state index < -0.39 is 0 Å². The minimum absolute atomic E-state index is 0. The van der Waals surface area contributed by atoms with Crippen molar-refractivity contribution in [2.75, 3.05) is 0 Å². The molecule has 1 unspecified atom stereocenters. The van der Waals surface area contributed by atoms with E-state index in [1.165, 1.54) is 5.56 Å². The van der Waals surface area contributed by atoms with E-state index in [0.717, 1.165) is 16.9 Å². The summed E-state index contributed by atoms with van der Waals surface area (Å²) in [5.74, 6) is 0.927. The summed E-state index contributed by atoms with van der Waals surface area (Å²) in [6.45, 7) is 4.02. The number of benzene rings is 2. The Morgan fingerprint density at radius 2 is 1.50 bits per heavy atom. The molecule has 1 aliphatic rings. The molecule has 0 aromatic heterocycles. The smallest absolute Gasteiger partial charge is 0.123 e. The van der Waals surface area contributed by atoms with Gasteiger partial charge >= 0.3 is 0 Å². The maximum atomic E-state index is 5.75. The quantitative estimate of drug-likeness (QED) is 0.671. The van der Waals surface area contributed by atoms with Crippen LogP contribution < -0.4 is 4.74 Å². The van der Waals surface area contributed by atoms with Crippen molar-refractivity contribution in [3.63, 3.8) is 0 Å². The van der Waals surface area contributed by atoms with Crippen LogP contribution in [0.5, 0.6) is 5.75 Å². The number of para-hydroxylation sites is 1. The van der Waals surface area contributed by atoms with E-state index in [-0.39, 0.29) is 38.8 Å². The summed E-state index contributed by atoms with van der Waals surface area (Å²) in [4.78, 5) is 0. The Morgan fingerprint density at radius 1 is 0.875 bits per heavy atom. The van der Waals surface area contributed by atoms with Crippen molar-refractivity contribution in [2.24, 2.45) is 0 Å². The molecule has 0 bridgehead atoms. The molecule has 2 aromatic carbocycles. The molecule has 3 rings (SSSR count). The van der Waals surface area contributed by atoms with Crippen LogP contribution in [0.4, 0.5) is 0 Å². The fourth-order valence-electron chi connectivity index (χ4n) is 2.03. The standard InChI is InChI=1S/C14H11O.Y/c1-10-11-6-2-3-7-12(11)13-8-4-5-9-14(13)15-10;/h2-10H,1H2;/q-1;. The zero-order chi connectivity index (χ0) is 10.3. The number of fused-ring (bicyclic) bond motifs is 3. The molecular formula is C14H11OY-. The molecule has 0 saturated heterocycles. The van der Waals surface area contributed by atoms with Crippen LogP contribution >= 0.6 is 0 Å². The van der Waals surface area contributed by atoms with Gasteiger partial charge in [-0.1, -0.05) is 42.5 Å². The van der Waals surface area contributed by atoms with Gasteiger partial charge in [0.05, 0.1) is 0 Å². The van der Waals surface area contributed by atoms with Crippen molar-refractivity contribution < 1.29 is 37.4 Å². The minimum atomic E-state index is -0.101. The Morgan fingerprint density at radius 3 is 2.31 bits per heavy atom. The molecular weight excluding hydrogens is 273 g/mol. The first kappa shape index (κ1) is 11.8. The van der Waals surface area contributed by atoms with Crippen molar-refractivity contribution >= 4 is 0 Å². The average molecular weight is 284 g/mol. The second-order valence-electron chi connectivity index (χ2n) is 3.69. The normalized spacial score (nSPS) is 16.4. The predicted octanol–water partition coefficient (Wildman–Crippen LogP) is 3.62. The Balaban J connectivity index is 0.000000963. The van der Waals surface area contributed by atoms with E-state index in [0.29, 0.717) is 0 Å². The van der Waals surface area contributed by atoms with Gasteiger partial charge < -0.3 is 4.74 Å². The Kier molecular flexibility index (Phi) is 3.46. The van der Waals surface area contributed by atoms with Crippen LogP contribution in [0.3, 0.4) is 0 Å². The first-order valence-electron chi connectivity index (χ1n) is 5.04. The second kappa shape index (κ2) is 4.69. The van der Waals surface area contributed by atoms with Gasteiger partial charge in [0.15, 0.2) is 0 Å². The molecule has 2 heteroatoms. The van der Waals surface area contributed by atoms with Crippen molar-refractivity contribution in [3.05, 3.63) is 61.0 Å². The number of ether oxygens (including phenoxy) is 1. The Hall–Kier alpha value is -0.656. The Bertz CT molecular complexity index is 508. The maximum Gasteiger partial charge on any atom is 0.123 e. The van der Waals surface area contributed by atoms with Crippen LogP contribution in [-0.4, -0.2) is 0 Å². The Labute approximate surface area is 121 Å². The van der Waals surface area contributed by atoms with Crippen LogP contribution in [0.25, 0.3) is 11.1 Å². The zero-order valence-electron chi connectivity index (χ0n) is 8.89. The third-order valence-corrected chi connectivity index (χ3v) is 2.75. The van der Waals surface area contributed by atoms with Crippen molar-refractivity contribution in [1.82, 2.24) is 0 Å². The summed E-state index contributed by atoms with van der Waals surface area (Å²) in [7, 11) is 0. The van der Waals surface area contributed by atoms with Crippen molar-refractivity contribution in [3.8, 4) is 16.9 Å². The van der Waals surface area contributed by atoms with Crippen LogP contribution in [-0.2, 0) is 32.7 Å². The largest absolute Gasteiger partial charge is 0.517 e. The average Bonchev–Trinajstić information content (AvgIpc) is 2.30. The molecule has 1 aliphatic heterocycles. The molecule has 0 N–H and O–H groups in total. The third-order valence-electron chi connectivity index (χ3n) is 2.75. The van der Waals surface area contributed by atoms with Crippen LogP contribution in [0.2, 0.25) is 0 Å². The van der Waals surface area contributed by atoms with Crippen molar-refractivity contribution in [1.29, 1.82) is 0 Å². The molecule has 0 saturated carbocycles. The van der Waals surface area contributed by atoms with Crippen LogP contribution in [0.1, 0.15) is 11.7 Å². The van der Waals surface area contributed by atoms with Gasteiger partial charge in [-0.15, -0.1) is 0 Å². The van der Waals surface area contributed by atoms with E-state index in [9.17, 15) is 0 Å². The zero-order valence-corrected chi connectivity index (χ0v) is 11.7. The summed E-state index contributed by atoms with van der Waals surface area (Å²) in [5.41, 5.74) is 3.56. The predicted molar refractivity (Wildman–Crippen MR) is 60.6 cm³/mol. The molecule has 77 valence electrons. The number of hydrogen-bond donors (Lipinski definition) is 0. The van der Waals surface area contributed by atoms with E-state index in [1.54, 1.807) is 0 Å². The van der Waals surface area contributed by atoms with Gasteiger partial charge in [-0.2, -0.15) is 0 Å². The van der Waals surface area contributed by atoms with Gasteiger partial charge in [-0.3, -0.25) is 6.92 Å². The monoisotopic (exact) mass is 284 g/mol. The molecule has 0 amide bonds. The fraction of sp³-hybridized carbons (Fsp3) is 0.0714. The van der Waals surface area contributed by atoms with Gasteiger partial charge in [0.25, 0.3) is 0 Å². The summed E-state index contributed by atoms with van der Waals surface area (Å²) < 4.78 is 5.75. The second-order valence-corrected chi connectivity index (χ2v) is 3.69. The topological polar surface area (TPSA) is 9.23 Å². The van der Waals surface area contributed by atoms with Gasteiger partial charge in [0.1, 0.15) is 5.75 Å². The fourth-order valence-corrected chi connectivity index (χ4v) is 2.03. The van der Waals surface area contributed by atoms with Gasteiger partial charge in [-0.25, -0.2) is 0 Å². The first-order chi connectivity index (χ1) is 7.36. The molecule has 16 heavy (non-hydrogen) atoms. The molecule has 1 atom stereocenters. The number of rotatable bonds is 0. The van der Waals surface area contributed by atoms with Crippen LogP contribution in [0, 0.1) is 6.92 Å². The van der Waals surface area contributed by atoms with E-state index in [1.807, 2.05) is 30.3 Å². The summed E-state index contributed by atoms with van der Waals surface area (Å²) in [6.07, 6.45) is -0.101. The van der Waals surface area contributed by atoms with Gasteiger partial charge in [0.2, 0.25) is 0 Å². The van der Waals surface area contributed by atoms with E-state index >= 15 is 0 Å². The molecule has 0 spiro atoms. The maximum absolute atomic E-state index is 5.75. The molecule has 0 fully saturated rings. The van der Waals surface area contributed by atoms with Gasteiger partial charge in [-0.05, 0) is 17.2 Å². The third kappa shape index (κ3) is 1.83.